The van der Waals surface area contributed by atoms with E-state index >= 15 is 0 Å². The highest BCUT2D eigenvalue weighted by Gasteiger charge is 2.21. The van der Waals surface area contributed by atoms with Crippen LogP contribution in [0.4, 0.5) is 25.7 Å². The van der Waals surface area contributed by atoms with Gasteiger partial charge in [-0.25, -0.2) is 14.2 Å². The molecule has 2 heterocycles. The first kappa shape index (κ1) is 20.4. The molecular weight excluding hydrogens is 403 g/mol. The van der Waals surface area contributed by atoms with E-state index in [1.165, 1.54) is 16.8 Å². The fourth-order valence-corrected chi connectivity index (χ4v) is 4.72. The van der Waals surface area contributed by atoms with Crippen molar-refractivity contribution in [1.82, 2.24) is 4.98 Å². The lowest BCUT2D eigenvalue weighted by Gasteiger charge is -2.31. The molecule has 0 spiro atoms. The van der Waals surface area contributed by atoms with Gasteiger partial charge in [0.15, 0.2) is 5.13 Å². The minimum atomic E-state index is -0.579. The van der Waals surface area contributed by atoms with E-state index in [2.05, 4.69) is 22.3 Å². The number of aromatic nitrogens is 1. The largest absolute Gasteiger partial charge is 0.449 e. The molecule has 1 aromatic heterocycles. The third kappa shape index (κ3) is 4.99. The molecule has 1 fully saturated rings. The number of para-hydroxylation sites is 1. The van der Waals surface area contributed by atoms with Gasteiger partial charge in [0.1, 0.15) is 5.82 Å². The lowest BCUT2D eigenvalue weighted by Crippen LogP contribution is -2.33. The number of hydrogen-bond acceptors (Lipinski definition) is 6. The predicted molar refractivity (Wildman–Crippen MR) is 120 cm³/mol. The van der Waals surface area contributed by atoms with E-state index in [9.17, 15) is 9.18 Å². The van der Waals surface area contributed by atoms with Crippen LogP contribution in [-0.2, 0) is 4.74 Å². The van der Waals surface area contributed by atoms with E-state index in [1.54, 1.807) is 17.4 Å². The maximum atomic E-state index is 13.4. The van der Waals surface area contributed by atoms with Crippen LogP contribution < -0.4 is 16.0 Å². The quantitative estimate of drug-likeness (QED) is 0.413. The Labute approximate surface area is 178 Å². The van der Waals surface area contributed by atoms with Gasteiger partial charge in [-0.1, -0.05) is 23.5 Å². The summed E-state index contributed by atoms with van der Waals surface area (Å²) in [5, 5.41) is 3.62. The second kappa shape index (κ2) is 9.30. The highest BCUT2D eigenvalue weighted by atomic mass is 32.1. The van der Waals surface area contributed by atoms with Gasteiger partial charge in [-0.15, -0.1) is 0 Å². The van der Waals surface area contributed by atoms with Crippen LogP contribution in [0.25, 0.3) is 10.2 Å². The molecule has 0 unspecified atom stereocenters. The van der Waals surface area contributed by atoms with Gasteiger partial charge in [0.2, 0.25) is 0 Å². The fourth-order valence-electron chi connectivity index (χ4n) is 3.70. The van der Waals surface area contributed by atoms with Crippen molar-refractivity contribution in [3.05, 3.63) is 48.3 Å². The number of anilines is 3. The van der Waals surface area contributed by atoms with E-state index < -0.39 is 11.9 Å². The van der Waals surface area contributed by atoms with Crippen LogP contribution in [0.15, 0.2) is 42.5 Å². The summed E-state index contributed by atoms with van der Waals surface area (Å²) >= 11 is 1.75. The Morgan fingerprint density at radius 3 is 2.83 bits per heavy atom. The Kier molecular flexibility index (Phi) is 6.32. The summed E-state index contributed by atoms with van der Waals surface area (Å²) in [7, 11) is 0. The number of rotatable bonds is 6. The summed E-state index contributed by atoms with van der Waals surface area (Å²) in [5.74, 6) is 0.0680. The Morgan fingerprint density at radius 2 is 2.07 bits per heavy atom. The van der Waals surface area contributed by atoms with Crippen molar-refractivity contribution in [3.63, 3.8) is 0 Å². The van der Waals surface area contributed by atoms with Gasteiger partial charge in [-0.05, 0) is 61.9 Å². The third-order valence-electron chi connectivity index (χ3n) is 5.40. The van der Waals surface area contributed by atoms with Crippen LogP contribution in [0.3, 0.4) is 0 Å². The van der Waals surface area contributed by atoms with Gasteiger partial charge in [0.25, 0.3) is 0 Å². The number of ether oxygens (including phenoxy) is 1. The minimum absolute atomic E-state index is 0.0445. The first-order valence-corrected chi connectivity index (χ1v) is 11.0. The normalized spacial score (nSPS) is 14.8. The lowest BCUT2D eigenvalue weighted by molar-refractivity contribution is 0.156. The summed E-state index contributed by atoms with van der Waals surface area (Å²) < 4.78 is 19.8. The Hall–Kier alpha value is -2.87. The molecule has 0 saturated carbocycles. The summed E-state index contributed by atoms with van der Waals surface area (Å²) in [5.41, 5.74) is 6.86. The van der Waals surface area contributed by atoms with E-state index in [0.717, 1.165) is 49.4 Å². The van der Waals surface area contributed by atoms with Crippen LogP contribution in [0, 0.1) is 11.7 Å². The maximum Gasteiger partial charge on any atom is 0.411 e. The van der Waals surface area contributed by atoms with E-state index in [0.29, 0.717) is 18.2 Å². The van der Waals surface area contributed by atoms with Crippen LogP contribution in [0.5, 0.6) is 0 Å². The Morgan fingerprint density at radius 1 is 1.27 bits per heavy atom. The number of nitrogens with zero attached hydrogens (tertiary/aromatic N) is 2. The third-order valence-corrected chi connectivity index (χ3v) is 6.50. The molecule has 4 rings (SSSR count). The molecule has 1 amide bonds. The molecule has 1 aliphatic rings. The second-order valence-electron chi connectivity index (χ2n) is 7.53. The molecule has 158 valence electrons. The van der Waals surface area contributed by atoms with Gasteiger partial charge in [0, 0.05) is 18.8 Å². The van der Waals surface area contributed by atoms with E-state index in [4.69, 9.17) is 15.5 Å². The van der Waals surface area contributed by atoms with Gasteiger partial charge in [0.05, 0.1) is 22.5 Å². The molecule has 6 nitrogen and oxygen atoms in total. The number of amides is 1. The fraction of sp³-hybridized carbons (Fsp3) is 0.364. The molecule has 1 saturated heterocycles. The molecule has 0 aliphatic carbocycles. The van der Waals surface area contributed by atoms with E-state index in [1.807, 2.05) is 12.1 Å². The average Bonchev–Trinajstić information content (AvgIpc) is 3.19. The van der Waals surface area contributed by atoms with Gasteiger partial charge < -0.3 is 15.4 Å². The standard InChI is InChI=1S/C22H25FN4O2S/c23-17-14-16(7-8-18(17)24)25-22(28)29-13-3-4-15-9-11-27(12-10-15)21-26-19-5-1-2-6-20(19)30-21/h1-2,5-8,14-15H,3-4,9-13,24H2,(H,25,28). The van der Waals surface area contributed by atoms with Crippen molar-refractivity contribution in [3.8, 4) is 0 Å². The number of nitrogens with two attached hydrogens (primary N) is 1. The van der Waals surface area contributed by atoms with Crippen molar-refractivity contribution < 1.29 is 13.9 Å². The number of fused-ring (bicyclic) bond motifs is 1. The zero-order valence-electron chi connectivity index (χ0n) is 16.6. The molecule has 2 aromatic carbocycles. The number of nitrogen functional groups attached to an aromatic ring is 1. The van der Waals surface area contributed by atoms with Crippen LogP contribution in [-0.4, -0.2) is 30.8 Å². The van der Waals surface area contributed by atoms with Gasteiger partial charge in [-0.2, -0.15) is 0 Å². The molecule has 0 radical (unpaired) electrons. The summed E-state index contributed by atoms with van der Waals surface area (Å²) in [6.45, 7) is 2.37. The smallest absolute Gasteiger partial charge is 0.411 e. The van der Waals surface area contributed by atoms with Gasteiger partial charge >= 0.3 is 6.09 Å². The predicted octanol–water partition coefficient (Wildman–Crippen LogP) is 5.26. The second-order valence-corrected chi connectivity index (χ2v) is 8.54. The Bertz CT molecular complexity index is 984. The van der Waals surface area contributed by atoms with Crippen LogP contribution in [0.2, 0.25) is 0 Å². The molecular formula is C22H25FN4O2S. The molecule has 3 N–H and O–H groups in total. The number of thiazole rings is 1. The average molecular weight is 429 g/mol. The summed E-state index contributed by atoms with van der Waals surface area (Å²) in [4.78, 5) is 19.0. The van der Waals surface area contributed by atoms with Crippen molar-refractivity contribution >= 4 is 44.2 Å². The topological polar surface area (TPSA) is 80.5 Å². The highest BCUT2D eigenvalue weighted by Crippen LogP contribution is 2.32. The molecule has 1 aliphatic heterocycles. The maximum absolute atomic E-state index is 13.4. The number of piperidine rings is 1. The summed E-state index contributed by atoms with van der Waals surface area (Å²) in [6, 6.07) is 12.4. The number of nitrogens with one attached hydrogen (secondary N) is 1. The minimum Gasteiger partial charge on any atom is -0.449 e. The van der Waals surface area contributed by atoms with Gasteiger partial charge in [-0.3, -0.25) is 5.32 Å². The molecule has 3 aromatic rings. The first-order valence-electron chi connectivity index (χ1n) is 10.2. The first-order chi connectivity index (χ1) is 14.6. The van der Waals surface area contributed by atoms with Crippen molar-refractivity contribution in [1.29, 1.82) is 0 Å². The zero-order chi connectivity index (χ0) is 20.9. The van der Waals surface area contributed by atoms with E-state index in [-0.39, 0.29) is 5.69 Å². The van der Waals surface area contributed by atoms with Crippen molar-refractivity contribution in [2.45, 2.75) is 25.7 Å². The monoisotopic (exact) mass is 428 g/mol. The SMILES string of the molecule is Nc1ccc(NC(=O)OCCCC2CCN(c3nc4ccccc4s3)CC2)cc1F. The number of carbonyl (C=O) groups is 1. The zero-order valence-corrected chi connectivity index (χ0v) is 17.5. The van der Waals surface area contributed by atoms with Crippen molar-refractivity contribution in [2.75, 3.05) is 35.6 Å². The van der Waals surface area contributed by atoms with Crippen molar-refractivity contribution in [2.24, 2.45) is 5.92 Å². The number of benzene rings is 2. The lowest BCUT2D eigenvalue weighted by atomic mass is 9.92. The Balaban J connectivity index is 1.15. The molecule has 8 heteroatoms. The van der Waals surface area contributed by atoms with Crippen LogP contribution in [0.1, 0.15) is 25.7 Å². The number of carbonyl (C=O) groups excluding carboxylic acids is 1. The number of hydrogen-bond donors (Lipinski definition) is 2. The molecule has 0 atom stereocenters. The molecule has 30 heavy (non-hydrogen) atoms. The molecule has 0 bridgehead atoms. The van der Waals surface area contributed by atoms with Crippen LogP contribution >= 0.6 is 11.3 Å². The summed E-state index contributed by atoms with van der Waals surface area (Å²) in [6.07, 6.45) is 3.50. The highest BCUT2D eigenvalue weighted by molar-refractivity contribution is 7.22. The number of halogens is 1.